The van der Waals surface area contributed by atoms with E-state index in [4.69, 9.17) is 4.74 Å². The van der Waals surface area contributed by atoms with Crippen molar-refractivity contribution < 1.29 is 19.1 Å². The van der Waals surface area contributed by atoms with E-state index in [1.807, 2.05) is 10.3 Å². The number of amides is 2. The van der Waals surface area contributed by atoms with E-state index in [0.29, 0.717) is 29.6 Å². The van der Waals surface area contributed by atoms with Crippen molar-refractivity contribution in [2.45, 2.75) is 46.1 Å². The molecular weight excluding hydrogens is 408 g/mol. The first-order chi connectivity index (χ1) is 13.9. The summed E-state index contributed by atoms with van der Waals surface area (Å²) in [7, 11) is 1.33. The van der Waals surface area contributed by atoms with Crippen LogP contribution in [0.1, 0.15) is 53.1 Å². The highest BCUT2D eigenvalue weighted by Gasteiger charge is 2.24. The van der Waals surface area contributed by atoms with E-state index >= 15 is 0 Å². The molecule has 6 nitrogen and oxygen atoms in total. The first-order valence-electron chi connectivity index (χ1n) is 9.70. The fourth-order valence-corrected chi connectivity index (χ4v) is 5.30. The van der Waals surface area contributed by atoms with Crippen LogP contribution in [0.15, 0.2) is 16.8 Å². The number of anilines is 1. The summed E-state index contributed by atoms with van der Waals surface area (Å²) in [5, 5.41) is 7.23. The lowest BCUT2D eigenvalue weighted by Gasteiger charge is -2.27. The van der Waals surface area contributed by atoms with Gasteiger partial charge >= 0.3 is 5.97 Å². The molecule has 156 valence electrons. The van der Waals surface area contributed by atoms with Crippen LogP contribution in [0.25, 0.3) is 0 Å². The van der Waals surface area contributed by atoms with Gasteiger partial charge in [-0.05, 0) is 46.7 Å². The van der Waals surface area contributed by atoms with Crippen LogP contribution in [0.5, 0.6) is 0 Å². The highest BCUT2D eigenvalue weighted by Crippen LogP contribution is 2.31. The van der Waals surface area contributed by atoms with Gasteiger partial charge in [-0.25, -0.2) is 4.79 Å². The van der Waals surface area contributed by atoms with Crippen LogP contribution in [0, 0.1) is 5.92 Å². The predicted molar refractivity (Wildman–Crippen MR) is 116 cm³/mol. The zero-order valence-electron chi connectivity index (χ0n) is 16.9. The number of rotatable bonds is 7. The minimum Gasteiger partial charge on any atom is -0.465 e. The Bertz CT molecular complexity index is 900. The van der Waals surface area contributed by atoms with Crippen molar-refractivity contribution in [1.82, 2.24) is 4.90 Å². The van der Waals surface area contributed by atoms with Crippen molar-refractivity contribution in [2.75, 3.05) is 19.0 Å². The first kappa shape index (κ1) is 21.5. The van der Waals surface area contributed by atoms with Crippen LogP contribution >= 0.6 is 22.7 Å². The smallest absolute Gasteiger partial charge is 0.341 e. The van der Waals surface area contributed by atoms with Crippen molar-refractivity contribution in [3.8, 4) is 0 Å². The maximum absolute atomic E-state index is 12.5. The van der Waals surface area contributed by atoms with Gasteiger partial charge in [-0.3, -0.25) is 9.59 Å². The Kier molecular flexibility index (Phi) is 7.08. The molecule has 0 bridgehead atoms. The van der Waals surface area contributed by atoms with Crippen molar-refractivity contribution in [2.24, 2.45) is 5.92 Å². The van der Waals surface area contributed by atoms with Gasteiger partial charge in [-0.1, -0.05) is 13.8 Å². The first-order valence-corrected chi connectivity index (χ1v) is 11.5. The third kappa shape index (κ3) is 5.25. The Hall–Kier alpha value is -2.19. The third-order valence-corrected chi connectivity index (χ3v) is 6.83. The summed E-state index contributed by atoms with van der Waals surface area (Å²) in [4.78, 5) is 40.3. The average molecular weight is 435 g/mol. The highest BCUT2D eigenvalue weighted by molar-refractivity contribution is 7.15. The topological polar surface area (TPSA) is 75.7 Å². The van der Waals surface area contributed by atoms with Crippen LogP contribution in [0.3, 0.4) is 0 Å². The van der Waals surface area contributed by atoms with Gasteiger partial charge in [-0.15, -0.1) is 22.7 Å². The van der Waals surface area contributed by atoms with Crippen LogP contribution < -0.4 is 5.32 Å². The molecule has 1 aliphatic heterocycles. The molecule has 1 aliphatic rings. The molecule has 0 unspecified atom stereocenters. The summed E-state index contributed by atoms with van der Waals surface area (Å²) >= 11 is 3.05. The quantitative estimate of drug-likeness (QED) is 0.666. The molecule has 0 fully saturated rings. The van der Waals surface area contributed by atoms with E-state index in [2.05, 4.69) is 30.6 Å². The molecule has 3 rings (SSSR count). The number of ether oxygens (including phenoxy) is 1. The maximum Gasteiger partial charge on any atom is 0.341 e. The molecule has 2 aromatic heterocycles. The second kappa shape index (κ2) is 9.54. The standard InChI is InChI=1S/C21H26N2O4S2/c1-13(2)10-15-12-29-20(19(15)21(26)27-3)22-17(24)4-5-18(25)23-8-6-16-14(11-23)7-9-28-16/h7,9,12-13H,4-6,8,10-11H2,1-3H3,(H,22,24). The molecule has 0 aliphatic carbocycles. The third-order valence-electron chi connectivity index (χ3n) is 4.86. The van der Waals surface area contributed by atoms with E-state index < -0.39 is 5.97 Å². The summed E-state index contributed by atoms with van der Waals surface area (Å²) < 4.78 is 4.90. The molecule has 0 spiro atoms. The van der Waals surface area contributed by atoms with Gasteiger partial charge in [-0.2, -0.15) is 0 Å². The number of carbonyl (C=O) groups excluding carboxylic acids is 3. The average Bonchev–Trinajstić information content (AvgIpc) is 3.31. The fraction of sp³-hybridized carbons (Fsp3) is 0.476. The van der Waals surface area contributed by atoms with Crippen LogP contribution in [0.2, 0.25) is 0 Å². The van der Waals surface area contributed by atoms with E-state index in [1.54, 1.807) is 11.3 Å². The second-order valence-corrected chi connectivity index (χ2v) is 9.42. The second-order valence-electron chi connectivity index (χ2n) is 7.54. The molecule has 0 saturated heterocycles. The van der Waals surface area contributed by atoms with Crippen LogP contribution in [-0.4, -0.2) is 36.3 Å². The molecule has 0 saturated carbocycles. The highest BCUT2D eigenvalue weighted by atomic mass is 32.1. The van der Waals surface area contributed by atoms with Crippen molar-refractivity contribution >= 4 is 45.5 Å². The van der Waals surface area contributed by atoms with Gasteiger partial charge in [0.05, 0.1) is 12.7 Å². The maximum atomic E-state index is 12.5. The zero-order valence-corrected chi connectivity index (χ0v) is 18.6. The number of esters is 1. The summed E-state index contributed by atoms with van der Waals surface area (Å²) in [6.45, 7) is 5.46. The van der Waals surface area contributed by atoms with Gasteiger partial charge in [0.15, 0.2) is 0 Å². The Labute approximate surface area is 178 Å². The Morgan fingerprint density at radius 1 is 1.24 bits per heavy atom. The van der Waals surface area contributed by atoms with E-state index in [1.165, 1.54) is 28.9 Å². The van der Waals surface area contributed by atoms with Crippen molar-refractivity contribution in [3.63, 3.8) is 0 Å². The molecule has 29 heavy (non-hydrogen) atoms. The number of carbonyl (C=O) groups is 3. The number of methoxy groups -OCH3 is 1. The fourth-order valence-electron chi connectivity index (χ4n) is 3.43. The number of hydrogen-bond acceptors (Lipinski definition) is 6. The lowest BCUT2D eigenvalue weighted by molar-refractivity contribution is -0.133. The molecule has 8 heteroatoms. The summed E-state index contributed by atoms with van der Waals surface area (Å²) in [5.74, 6) is -0.359. The Balaban J connectivity index is 1.57. The molecule has 0 radical (unpaired) electrons. The molecule has 0 atom stereocenters. The Morgan fingerprint density at radius 3 is 2.76 bits per heavy atom. The molecule has 3 heterocycles. The van der Waals surface area contributed by atoms with Gasteiger partial charge in [0.25, 0.3) is 0 Å². The normalized spacial score (nSPS) is 13.3. The Morgan fingerprint density at radius 2 is 2.03 bits per heavy atom. The van der Waals surface area contributed by atoms with Gasteiger partial charge in [0, 0.05) is 30.8 Å². The summed E-state index contributed by atoms with van der Waals surface area (Å²) in [6, 6.07) is 2.06. The molecule has 0 aromatic carbocycles. The van der Waals surface area contributed by atoms with E-state index in [0.717, 1.165) is 18.4 Å². The van der Waals surface area contributed by atoms with Crippen molar-refractivity contribution in [3.05, 3.63) is 38.4 Å². The lowest BCUT2D eigenvalue weighted by Crippen LogP contribution is -2.35. The number of fused-ring (bicyclic) bond motifs is 1. The minimum absolute atomic E-state index is 0.0168. The van der Waals surface area contributed by atoms with Crippen LogP contribution in [0.4, 0.5) is 5.00 Å². The van der Waals surface area contributed by atoms with Gasteiger partial charge in [0.1, 0.15) is 5.00 Å². The minimum atomic E-state index is -0.451. The largest absolute Gasteiger partial charge is 0.465 e. The lowest BCUT2D eigenvalue weighted by atomic mass is 10.0. The number of hydrogen-bond donors (Lipinski definition) is 1. The van der Waals surface area contributed by atoms with Crippen molar-refractivity contribution in [1.29, 1.82) is 0 Å². The zero-order chi connectivity index (χ0) is 21.0. The molecule has 1 N–H and O–H groups in total. The van der Waals surface area contributed by atoms with Gasteiger partial charge in [0.2, 0.25) is 11.8 Å². The van der Waals surface area contributed by atoms with Gasteiger partial charge < -0.3 is 15.0 Å². The number of thiophene rings is 2. The van der Waals surface area contributed by atoms with Crippen LogP contribution in [-0.2, 0) is 33.7 Å². The predicted octanol–water partition coefficient (Wildman–Crippen LogP) is 4.10. The molecule has 2 amide bonds. The van der Waals surface area contributed by atoms with E-state index in [9.17, 15) is 14.4 Å². The monoisotopic (exact) mass is 434 g/mol. The molecule has 2 aromatic rings. The summed E-state index contributed by atoms with van der Waals surface area (Å²) in [6.07, 6.45) is 1.85. The summed E-state index contributed by atoms with van der Waals surface area (Å²) in [5.41, 5.74) is 2.51. The number of nitrogens with zero attached hydrogens (tertiary/aromatic N) is 1. The van der Waals surface area contributed by atoms with E-state index in [-0.39, 0.29) is 24.7 Å². The number of nitrogens with one attached hydrogen (secondary N) is 1. The molecular formula is C21H26N2O4S2. The SMILES string of the molecule is COC(=O)c1c(CC(C)C)csc1NC(=O)CCC(=O)N1CCc2sccc2C1.